The Morgan fingerprint density at radius 2 is 1.80 bits per heavy atom. The van der Waals surface area contributed by atoms with Crippen molar-refractivity contribution in [1.29, 1.82) is 0 Å². The lowest BCUT2D eigenvalue weighted by Crippen LogP contribution is -2.36. The van der Waals surface area contributed by atoms with Gasteiger partial charge in [0.1, 0.15) is 5.82 Å². The summed E-state index contributed by atoms with van der Waals surface area (Å²) in [5, 5.41) is 3.87. The average Bonchev–Trinajstić information content (AvgIpc) is 3.21. The molecule has 4 N–H and O–H groups in total. The molecule has 5 heteroatoms. The summed E-state index contributed by atoms with van der Waals surface area (Å²) in [5.41, 5.74) is 11.4. The molecule has 4 rings (SSSR count). The molecule has 2 atom stereocenters. The fraction of sp³-hybridized carbons (Fsp3) is 0.280. The number of H-pyrrole nitrogens is 1. The number of pyridine rings is 1. The second kappa shape index (κ2) is 9.65. The zero-order valence-corrected chi connectivity index (χ0v) is 17.4. The first-order valence-electron chi connectivity index (χ1n) is 10.6. The van der Waals surface area contributed by atoms with Gasteiger partial charge < -0.3 is 16.0 Å². The Morgan fingerprint density at radius 3 is 2.57 bits per heavy atom. The van der Waals surface area contributed by atoms with E-state index < -0.39 is 0 Å². The smallest absolute Gasteiger partial charge is 0.129 e. The predicted molar refractivity (Wildman–Crippen MR) is 122 cm³/mol. The van der Waals surface area contributed by atoms with Gasteiger partial charge in [0, 0.05) is 24.4 Å². The second-order valence-electron chi connectivity index (χ2n) is 7.75. The monoisotopic (exact) mass is 399 g/mol. The first kappa shape index (κ1) is 20.3. The Hall–Kier alpha value is -3.02. The van der Waals surface area contributed by atoms with Crippen molar-refractivity contribution in [2.45, 2.75) is 38.3 Å². The number of nitrogens with two attached hydrogens (primary N) is 1. The van der Waals surface area contributed by atoms with E-state index in [4.69, 9.17) is 10.7 Å². The Bertz CT molecular complexity index is 1040. The normalized spacial score (nSPS) is 13.4. The van der Waals surface area contributed by atoms with Crippen molar-refractivity contribution in [3.63, 3.8) is 0 Å². The Labute approximate surface area is 177 Å². The highest BCUT2D eigenvalue weighted by molar-refractivity contribution is 5.75. The molecule has 0 amide bonds. The number of benzene rings is 2. The van der Waals surface area contributed by atoms with Crippen LogP contribution in [0.1, 0.15) is 41.5 Å². The number of para-hydroxylation sites is 2. The van der Waals surface area contributed by atoms with E-state index in [1.54, 1.807) is 0 Å². The number of aromatic nitrogens is 3. The number of nitrogens with one attached hydrogen (secondary N) is 2. The lowest BCUT2D eigenvalue weighted by atomic mass is 9.99. The molecule has 154 valence electrons. The molecule has 2 aromatic heterocycles. The van der Waals surface area contributed by atoms with Gasteiger partial charge in [-0.1, -0.05) is 48.5 Å². The number of fused-ring (bicyclic) bond motifs is 1. The van der Waals surface area contributed by atoms with Crippen LogP contribution < -0.4 is 11.1 Å². The summed E-state index contributed by atoms with van der Waals surface area (Å²) in [4.78, 5) is 13.0. The van der Waals surface area contributed by atoms with Crippen molar-refractivity contribution >= 4 is 11.0 Å². The third-order valence-electron chi connectivity index (χ3n) is 5.53. The largest absolute Gasteiger partial charge is 0.340 e. The summed E-state index contributed by atoms with van der Waals surface area (Å²) >= 11 is 0. The van der Waals surface area contributed by atoms with Gasteiger partial charge in [0.15, 0.2) is 0 Å². The van der Waals surface area contributed by atoms with E-state index in [-0.39, 0.29) is 12.1 Å². The molecule has 0 saturated heterocycles. The minimum atomic E-state index is -0.0367. The summed E-state index contributed by atoms with van der Waals surface area (Å²) in [7, 11) is 0. The first-order chi connectivity index (χ1) is 14.7. The van der Waals surface area contributed by atoms with Gasteiger partial charge >= 0.3 is 0 Å². The summed E-state index contributed by atoms with van der Waals surface area (Å²) in [6, 6.07) is 23.0. The predicted octanol–water partition coefficient (Wildman–Crippen LogP) is 4.30. The van der Waals surface area contributed by atoms with Gasteiger partial charge in [0.25, 0.3) is 0 Å². The zero-order chi connectivity index (χ0) is 20.8. The molecule has 0 aliphatic carbocycles. The highest BCUT2D eigenvalue weighted by Gasteiger charge is 2.22. The van der Waals surface area contributed by atoms with Crippen molar-refractivity contribution in [3.05, 3.63) is 95.6 Å². The van der Waals surface area contributed by atoms with E-state index in [1.165, 1.54) is 11.1 Å². The van der Waals surface area contributed by atoms with Crippen LogP contribution in [-0.2, 0) is 6.42 Å². The van der Waals surface area contributed by atoms with Crippen LogP contribution in [0.2, 0.25) is 0 Å². The molecule has 5 nitrogen and oxygen atoms in total. The standard InChI is InChI=1S/C25H29N5/c1-18-9-8-16-27-23(18)17-20(12-7-15-26)28-24(19-10-3-2-4-11-19)25-29-21-13-5-6-14-22(21)30-25/h2-6,8-11,13-14,16,20,24,28H,7,12,15,17,26H2,1H3,(H,29,30). The van der Waals surface area contributed by atoms with Gasteiger partial charge in [-0.25, -0.2) is 4.98 Å². The van der Waals surface area contributed by atoms with Crippen LogP contribution in [0, 0.1) is 6.92 Å². The minimum absolute atomic E-state index is 0.0367. The lowest BCUT2D eigenvalue weighted by molar-refractivity contribution is 0.423. The van der Waals surface area contributed by atoms with Gasteiger partial charge in [0.2, 0.25) is 0 Å². The second-order valence-corrected chi connectivity index (χ2v) is 7.75. The van der Waals surface area contributed by atoms with E-state index in [0.29, 0.717) is 6.54 Å². The van der Waals surface area contributed by atoms with Gasteiger partial charge in [0.05, 0.1) is 17.1 Å². The number of nitrogens with zero attached hydrogens (tertiary/aromatic N) is 2. The maximum Gasteiger partial charge on any atom is 0.129 e. The lowest BCUT2D eigenvalue weighted by Gasteiger charge is -2.25. The van der Waals surface area contributed by atoms with E-state index in [0.717, 1.165) is 41.8 Å². The van der Waals surface area contributed by atoms with Crippen LogP contribution in [0.15, 0.2) is 72.9 Å². The third kappa shape index (κ3) is 4.75. The van der Waals surface area contributed by atoms with Crippen molar-refractivity contribution in [3.8, 4) is 0 Å². The molecule has 0 radical (unpaired) electrons. The van der Waals surface area contributed by atoms with Crippen molar-refractivity contribution < 1.29 is 0 Å². The van der Waals surface area contributed by atoms with Crippen molar-refractivity contribution in [2.75, 3.05) is 6.54 Å². The summed E-state index contributed by atoms with van der Waals surface area (Å²) in [5.74, 6) is 0.929. The quantitative estimate of drug-likeness (QED) is 0.392. The van der Waals surface area contributed by atoms with Gasteiger partial charge in [-0.15, -0.1) is 0 Å². The van der Waals surface area contributed by atoms with Gasteiger partial charge in [-0.05, 0) is 55.6 Å². The number of aromatic amines is 1. The highest BCUT2D eigenvalue weighted by atomic mass is 15.0. The fourth-order valence-electron chi connectivity index (χ4n) is 3.90. The van der Waals surface area contributed by atoms with Crippen LogP contribution in [0.5, 0.6) is 0 Å². The number of hydrogen-bond acceptors (Lipinski definition) is 4. The molecule has 30 heavy (non-hydrogen) atoms. The van der Waals surface area contributed by atoms with Gasteiger partial charge in [-0.3, -0.25) is 4.98 Å². The molecule has 2 heterocycles. The molecule has 0 aliphatic heterocycles. The average molecular weight is 400 g/mol. The molecule has 0 spiro atoms. The molecule has 2 aromatic carbocycles. The van der Waals surface area contributed by atoms with Crippen LogP contribution in [-0.4, -0.2) is 27.5 Å². The number of rotatable bonds is 9. The SMILES string of the molecule is Cc1cccnc1CC(CCCN)NC(c1ccccc1)c1nc2ccccc2[nH]1. The van der Waals surface area contributed by atoms with E-state index in [9.17, 15) is 0 Å². The molecular weight excluding hydrogens is 370 g/mol. The van der Waals surface area contributed by atoms with E-state index in [1.807, 2.05) is 36.5 Å². The maximum absolute atomic E-state index is 5.84. The van der Waals surface area contributed by atoms with Crippen molar-refractivity contribution in [2.24, 2.45) is 5.73 Å². The zero-order valence-electron chi connectivity index (χ0n) is 17.4. The van der Waals surface area contributed by atoms with Crippen molar-refractivity contribution in [1.82, 2.24) is 20.3 Å². The molecule has 0 bridgehead atoms. The number of aryl methyl sites for hydroxylation is 1. The number of imidazole rings is 1. The third-order valence-corrected chi connectivity index (χ3v) is 5.53. The van der Waals surface area contributed by atoms with Crippen LogP contribution in [0.3, 0.4) is 0 Å². The van der Waals surface area contributed by atoms with Crippen LogP contribution in [0.4, 0.5) is 0 Å². The number of hydrogen-bond donors (Lipinski definition) is 3. The molecule has 0 fully saturated rings. The van der Waals surface area contributed by atoms with E-state index in [2.05, 4.69) is 58.6 Å². The summed E-state index contributed by atoms with van der Waals surface area (Å²) in [6.07, 6.45) is 4.67. The minimum Gasteiger partial charge on any atom is -0.340 e. The highest BCUT2D eigenvalue weighted by Crippen LogP contribution is 2.24. The Balaban J connectivity index is 1.66. The fourth-order valence-corrected chi connectivity index (χ4v) is 3.90. The molecular formula is C25H29N5. The molecule has 0 saturated carbocycles. The van der Waals surface area contributed by atoms with Gasteiger partial charge in [-0.2, -0.15) is 0 Å². The summed E-state index contributed by atoms with van der Waals surface area (Å²) < 4.78 is 0. The van der Waals surface area contributed by atoms with Crippen LogP contribution >= 0.6 is 0 Å². The summed E-state index contributed by atoms with van der Waals surface area (Å²) in [6.45, 7) is 2.80. The molecule has 0 aliphatic rings. The van der Waals surface area contributed by atoms with Crippen LogP contribution in [0.25, 0.3) is 11.0 Å². The molecule has 4 aromatic rings. The maximum atomic E-state index is 5.84. The first-order valence-corrected chi connectivity index (χ1v) is 10.6. The Kier molecular flexibility index (Phi) is 6.52. The molecule has 2 unspecified atom stereocenters. The topological polar surface area (TPSA) is 79.6 Å². The van der Waals surface area contributed by atoms with E-state index >= 15 is 0 Å². The Morgan fingerprint density at radius 1 is 1.00 bits per heavy atom.